The highest BCUT2D eigenvalue weighted by molar-refractivity contribution is 6.32. The topological polar surface area (TPSA) is 97.4 Å². The van der Waals surface area contributed by atoms with Gasteiger partial charge in [-0.2, -0.15) is 0 Å². The van der Waals surface area contributed by atoms with Crippen LogP contribution in [0.2, 0.25) is 5.02 Å². The number of nitrogens with one attached hydrogen (secondary N) is 1. The van der Waals surface area contributed by atoms with Crippen molar-refractivity contribution in [3.8, 4) is 5.75 Å². The maximum absolute atomic E-state index is 12.9. The van der Waals surface area contributed by atoms with Crippen LogP contribution in [0, 0.1) is 0 Å². The Bertz CT molecular complexity index is 1090. The van der Waals surface area contributed by atoms with Crippen LogP contribution in [0.1, 0.15) is 31.9 Å². The molecule has 2 aromatic carbocycles. The Labute approximate surface area is 216 Å². The van der Waals surface area contributed by atoms with Crippen LogP contribution in [0.15, 0.2) is 42.5 Å². The molecule has 9 nitrogen and oxygen atoms in total. The molecule has 1 aliphatic heterocycles. The van der Waals surface area contributed by atoms with Crippen LogP contribution in [0.3, 0.4) is 0 Å². The first-order valence-electron chi connectivity index (χ1n) is 11.7. The number of amides is 3. The fourth-order valence-electron chi connectivity index (χ4n) is 3.41. The number of ether oxygens (including phenoxy) is 3. The maximum Gasteiger partial charge on any atom is 0.410 e. The molecule has 194 valence electrons. The zero-order valence-electron chi connectivity index (χ0n) is 21.0. The van der Waals surface area contributed by atoms with E-state index < -0.39 is 17.8 Å². The van der Waals surface area contributed by atoms with Gasteiger partial charge in [0.1, 0.15) is 24.6 Å². The van der Waals surface area contributed by atoms with Crippen molar-refractivity contribution in [2.24, 2.45) is 0 Å². The van der Waals surface area contributed by atoms with Crippen LogP contribution in [-0.2, 0) is 27.3 Å². The number of nitrogens with zero attached hydrogens (tertiary/aromatic N) is 2. The molecule has 36 heavy (non-hydrogen) atoms. The van der Waals surface area contributed by atoms with Crippen molar-refractivity contribution in [3.05, 3.63) is 58.6 Å². The van der Waals surface area contributed by atoms with Gasteiger partial charge in [-0.1, -0.05) is 41.9 Å². The normalized spacial score (nSPS) is 12.4. The van der Waals surface area contributed by atoms with Crippen molar-refractivity contribution in [1.82, 2.24) is 9.80 Å². The summed E-state index contributed by atoms with van der Waals surface area (Å²) in [5, 5.41) is 3.10. The minimum absolute atomic E-state index is 0.0975. The summed E-state index contributed by atoms with van der Waals surface area (Å²) in [6.45, 7) is 6.28. The Morgan fingerprint density at radius 1 is 1.06 bits per heavy atom. The highest BCUT2D eigenvalue weighted by Gasteiger charge is 2.23. The molecular formula is C26H32ClN3O6. The lowest BCUT2D eigenvalue weighted by molar-refractivity contribution is -0.115. The quantitative estimate of drug-likeness (QED) is 0.517. The molecule has 10 heteroatoms. The number of carbonyl (C=O) groups is 3. The lowest BCUT2D eigenvalue weighted by Crippen LogP contribution is -2.42. The largest absolute Gasteiger partial charge is 0.490 e. The van der Waals surface area contributed by atoms with E-state index >= 15 is 0 Å². The van der Waals surface area contributed by atoms with E-state index in [1.54, 1.807) is 40.0 Å². The van der Waals surface area contributed by atoms with Crippen LogP contribution in [0.4, 0.5) is 15.3 Å². The average Bonchev–Trinajstić information content (AvgIpc) is 3.17. The number of rotatable bonds is 9. The first-order chi connectivity index (χ1) is 17.0. The number of likely N-dealkylation sites (N-methyl/N-ethyl adjacent to an activating group) is 1. The molecule has 1 N–H and O–H groups in total. The summed E-state index contributed by atoms with van der Waals surface area (Å²) in [7, 11) is 1.61. The lowest BCUT2D eigenvalue weighted by atomic mass is 10.1. The standard InChI is InChI=1S/C26H32ClN3O6/c1-26(2,3)36-24(32)29(4)10-11-30(25(33)35-17-18-8-6-5-7-9-18)12-13-34-22-14-19-15-23(31)28-21(19)16-20(22)27/h5-9,14,16H,10-13,15,17H2,1-4H3,(H,28,31). The first kappa shape index (κ1) is 27.1. The van der Waals surface area contributed by atoms with Gasteiger partial charge in [-0.15, -0.1) is 0 Å². The van der Waals surface area contributed by atoms with Gasteiger partial charge in [-0.05, 0) is 44.0 Å². The predicted molar refractivity (Wildman–Crippen MR) is 136 cm³/mol. The summed E-state index contributed by atoms with van der Waals surface area (Å²) in [5.74, 6) is 0.329. The molecule has 0 aromatic heterocycles. The number of anilines is 1. The van der Waals surface area contributed by atoms with Crippen LogP contribution in [0.25, 0.3) is 0 Å². The van der Waals surface area contributed by atoms with Gasteiger partial charge in [0, 0.05) is 25.8 Å². The Morgan fingerprint density at radius 2 is 1.78 bits per heavy atom. The van der Waals surface area contributed by atoms with E-state index in [9.17, 15) is 14.4 Å². The number of halogens is 1. The molecule has 0 saturated carbocycles. The summed E-state index contributed by atoms with van der Waals surface area (Å²) < 4.78 is 16.7. The highest BCUT2D eigenvalue weighted by Crippen LogP contribution is 2.34. The predicted octanol–water partition coefficient (Wildman–Crippen LogP) is 4.72. The number of benzene rings is 2. The Hall–Kier alpha value is -3.46. The monoisotopic (exact) mass is 517 g/mol. The van der Waals surface area contributed by atoms with E-state index in [1.165, 1.54) is 9.80 Å². The van der Waals surface area contributed by atoms with Crippen molar-refractivity contribution >= 4 is 35.4 Å². The molecule has 0 unspecified atom stereocenters. The molecule has 1 heterocycles. The molecule has 2 aromatic rings. The Morgan fingerprint density at radius 3 is 2.47 bits per heavy atom. The fourth-order valence-corrected chi connectivity index (χ4v) is 3.63. The first-order valence-corrected chi connectivity index (χ1v) is 12.0. The fraction of sp³-hybridized carbons (Fsp3) is 0.423. The van der Waals surface area contributed by atoms with Crippen molar-refractivity contribution in [2.45, 2.75) is 39.4 Å². The van der Waals surface area contributed by atoms with Crippen LogP contribution < -0.4 is 10.1 Å². The van der Waals surface area contributed by atoms with Crippen LogP contribution in [-0.4, -0.2) is 66.8 Å². The van der Waals surface area contributed by atoms with E-state index in [-0.39, 0.29) is 45.2 Å². The van der Waals surface area contributed by atoms with Gasteiger partial charge in [-0.25, -0.2) is 9.59 Å². The molecule has 3 rings (SSSR count). The molecule has 3 amide bonds. The summed E-state index contributed by atoms with van der Waals surface area (Å²) in [6, 6.07) is 12.7. The number of fused-ring (bicyclic) bond motifs is 1. The van der Waals surface area contributed by atoms with Crippen molar-refractivity contribution in [3.63, 3.8) is 0 Å². The van der Waals surface area contributed by atoms with E-state index in [2.05, 4.69) is 5.32 Å². The second kappa shape index (κ2) is 12.0. The number of hydrogen-bond donors (Lipinski definition) is 1. The van der Waals surface area contributed by atoms with E-state index in [0.717, 1.165) is 11.1 Å². The van der Waals surface area contributed by atoms with Gasteiger partial charge in [0.2, 0.25) is 5.91 Å². The van der Waals surface area contributed by atoms with Gasteiger partial charge in [0.05, 0.1) is 18.0 Å². The van der Waals surface area contributed by atoms with Crippen LogP contribution in [0.5, 0.6) is 5.75 Å². The second-order valence-corrected chi connectivity index (χ2v) is 9.85. The molecule has 0 saturated heterocycles. The lowest BCUT2D eigenvalue weighted by Gasteiger charge is -2.27. The summed E-state index contributed by atoms with van der Waals surface area (Å²) >= 11 is 6.30. The summed E-state index contributed by atoms with van der Waals surface area (Å²) in [6.07, 6.45) is -0.753. The SMILES string of the molecule is CN(CCN(CCOc1cc2c(cc1Cl)NC(=O)C2)C(=O)OCc1ccccc1)C(=O)OC(C)(C)C. The summed E-state index contributed by atoms with van der Waals surface area (Å²) in [5.41, 5.74) is 1.72. The molecule has 0 fully saturated rings. The second-order valence-electron chi connectivity index (χ2n) is 9.44. The third kappa shape index (κ3) is 8.05. The maximum atomic E-state index is 12.9. The van der Waals surface area contributed by atoms with Crippen molar-refractivity contribution in [1.29, 1.82) is 0 Å². The van der Waals surface area contributed by atoms with Gasteiger partial charge in [-0.3, -0.25) is 4.79 Å². The molecule has 0 atom stereocenters. The zero-order valence-corrected chi connectivity index (χ0v) is 21.8. The highest BCUT2D eigenvalue weighted by atomic mass is 35.5. The smallest absolute Gasteiger partial charge is 0.410 e. The van der Waals surface area contributed by atoms with Crippen LogP contribution >= 0.6 is 11.6 Å². The molecule has 1 aliphatic rings. The Kier molecular flexibility index (Phi) is 9.03. The minimum Gasteiger partial charge on any atom is -0.490 e. The van der Waals surface area contributed by atoms with Crippen molar-refractivity contribution < 1.29 is 28.6 Å². The van der Waals surface area contributed by atoms with Gasteiger partial charge in [0.25, 0.3) is 0 Å². The minimum atomic E-state index is -0.622. The molecule has 0 radical (unpaired) electrons. The average molecular weight is 518 g/mol. The number of carbonyl (C=O) groups excluding carboxylic acids is 3. The third-order valence-electron chi connectivity index (χ3n) is 5.28. The van der Waals surface area contributed by atoms with E-state index in [0.29, 0.717) is 16.5 Å². The van der Waals surface area contributed by atoms with Gasteiger partial charge < -0.3 is 29.3 Å². The number of hydrogen-bond acceptors (Lipinski definition) is 6. The molecule has 0 aliphatic carbocycles. The van der Waals surface area contributed by atoms with Crippen molar-refractivity contribution in [2.75, 3.05) is 38.6 Å². The summed E-state index contributed by atoms with van der Waals surface area (Å²) in [4.78, 5) is 39.7. The molecule has 0 spiro atoms. The third-order valence-corrected chi connectivity index (χ3v) is 5.57. The van der Waals surface area contributed by atoms with Gasteiger partial charge >= 0.3 is 12.2 Å². The zero-order chi connectivity index (χ0) is 26.3. The molecular weight excluding hydrogens is 486 g/mol. The Balaban J connectivity index is 1.60. The van der Waals surface area contributed by atoms with E-state index in [1.807, 2.05) is 30.3 Å². The molecule has 0 bridgehead atoms. The van der Waals surface area contributed by atoms with E-state index in [4.69, 9.17) is 25.8 Å². The van der Waals surface area contributed by atoms with Gasteiger partial charge in [0.15, 0.2) is 0 Å².